The van der Waals surface area contributed by atoms with E-state index in [0.717, 1.165) is 16.3 Å². The fraction of sp³-hybridized carbons (Fsp3) is 0.0769. The molecule has 4 aromatic rings. The van der Waals surface area contributed by atoms with Gasteiger partial charge in [-0.15, -0.1) is 0 Å². The van der Waals surface area contributed by atoms with Crippen molar-refractivity contribution in [1.29, 1.82) is 0 Å². The molecular weight excluding hydrogens is 491 g/mol. The van der Waals surface area contributed by atoms with Crippen LogP contribution in [0.2, 0.25) is 10.0 Å². The minimum Gasteiger partial charge on any atom is -0.480 e. The van der Waals surface area contributed by atoms with Gasteiger partial charge < -0.3 is 14.7 Å². The third-order valence-electron chi connectivity index (χ3n) is 5.04. The van der Waals surface area contributed by atoms with Crippen molar-refractivity contribution in [2.75, 3.05) is 10.8 Å². The molecule has 4 rings (SSSR count). The zero-order chi connectivity index (χ0) is 24.1. The largest absolute Gasteiger partial charge is 0.480 e. The molecule has 4 aromatic carbocycles. The number of hydrogen-bond donors (Lipinski definition) is 2. The average molecular weight is 511 g/mol. The van der Waals surface area contributed by atoms with E-state index in [1.807, 2.05) is 54.6 Å². The van der Waals surface area contributed by atoms with Crippen LogP contribution in [0.3, 0.4) is 0 Å². The van der Waals surface area contributed by atoms with Crippen molar-refractivity contribution in [3.8, 4) is 0 Å². The molecule has 0 atom stereocenters. The summed E-state index contributed by atoms with van der Waals surface area (Å²) < 4.78 is 1.65. The molecule has 1 amide bonds. The summed E-state index contributed by atoms with van der Waals surface area (Å²) in [6.07, 6.45) is 0. The van der Waals surface area contributed by atoms with Gasteiger partial charge in [0, 0.05) is 32.4 Å². The first-order chi connectivity index (χ1) is 16.4. The summed E-state index contributed by atoms with van der Waals surface area (Å²) in [4.78, 5) is 25.4. The van der Waals surface area contributed by atoms with Crippen molar-refractivity contribution < 1.29 is 14.7 Å². The molecule has 0 radical (unpaired) electrons. The Hall–Kier alpha value is -3.19. The first-order valence-corrected chi connectivity index (χ1v) is 11.9. The van der Waals surface area contributed by atoms with Gasteiger partial charge in [0.2, 0.25) is 0 Å². The molecule has 172 valence electrons. The van der Waals surface area contributed by atoms with Gasteiger partial charge in [-0.2, -0.15) is 0 Å². The lowest BCUT2D eigenvalue weighted by Crippen LogP contribution is -2.25. The highest BCUT2D eigenvalue weighted by Gasteiger charge is 2.19. The summed E-state index contributed by atoms with van der Waals surface area (Å²) >= 11 is 13.5. The summed E-state index contributed by atoms with van der Waals surface area (Å²) in [6.45, 7) is 0.143. The SMILES string of the molecule is O=C(O)CN(Sc1cc(Cl)cc(Cl)c1)c1ccc(C(=O)NCc2ccccc2)c2ccccc12. The average Bonchev–Trinajstić information content (AvgIpc) is 2.81. The van der Waals surface area contributed by atoms with Gasteiger partial charge in [0.25, 0.3) is 5.91 Å². The van der Waals surface area contributed by atoms with Crippen molar-refractivity contribution in [3.63, 3.8) is 0 Å². The van der Waals surface area contributed by atoms with Crippen molar-refractivity contribution in [1.82, 2.24) is 5.32 Å². The van der Waals surface area contributed by atoms with Crippen LogP contribution in [0.25, 0.3) is 10.8 Å². The Bertz CT molecular complexity index is 1330. The van der Waals surface area contributed by atoms with Crippen LogP contribution in [-0.2, 0) is 11.3 Å². The number of hydrogen-bond acceptors (Lipinski definition) is 4. The maximum absolute atomic E-state index is 13.0. The number of halogens is 2. The quantitative estimate of drug-likeness (QED) is 0.259. The lowest BCUT2D eigenvalue weighted by molar-refractivity contribution is -0.135. The van der Waals surface area contributed by atoms with E-state index >= 15 is 0 Å². The number of carboxylic acid groups (broad SMARTS) is 1. The second-order valence-electron chi connectivity index (χ2n) is 7.47. The number of carbonyl (C=O) groups excluding carboxylic acids is 1. The molecule has 8 heteroatoms. The van der Waals surface area contributed by atoms with Crippen molar-refractivity contribution in [2.24, 2.45) is 0 Å². The standard InChI is InChI=1S/C26H20Cl2N2O3S/c27-18-12-19(28)14-20(13-18)34-30(16-25(31)32)24-11-10-23(21-8-4-5-9-22(21)24)26(33)29-15-17-6-2-1-3-7-17/h1-14H,15-16H2,(H,29,33)(H,31,32). The van der Waals surface area contributed by atoms with Crippen molar-refractivity contribution >= 4 is 63.5 Å². The maximum Gasteiger partial charge on any atom is 0.324 e. The van der Waals surface area contributed by atoms with E-state index < -0.39 is 5.97 Å². The first kappa shape index (κ1) is 24.0. The highest BCUT2D eigenvalue weighted by molar-refractivity contribution is 8.00. The summed E-state index contributed by atoms with van der Waals surface area (Å²) in [6, 6.07) is 25.7. The van der Waals surface area contributed by atoms with Crippen LogP contribution in [0.4, 0.5) is 5.69 Å². The van der Waals surface area contributed by atoms with Crippen LogP contribution in [0.5, 0.6) is 0 Å². The van der Waals surface area contributed by atoms with Gasteiger partial charge in [-0.05, 0) is 53.2 Å². The molecule has 0 bridgehead atoms. The van der Waals surface area contributed by atoms with Crippen LogP contribution in [-0.4, -0.2) is 23.5 Å². The zero-order valence-electron chi connectivity index (χ0n) is 17.9. The van der Waals surface area contributed by atoms with E-state index in [-0.39, 0.29) is 12.5 Å². The fourth-order valence-electron chi connectivity index (χ4n) is 3.57. The number of anilines is 1. The third kappa shape index (κ3) is 5.83. The molecule has 5 nitrogen and oxygen atoms in total. The van der Waals surface area contributed by atoms with Crippen LogP contribution in [0.15, 0.2) is 89.8 Å². The van der Waals surface area contributed by atoms with Crippen LogP contribution in [0, 0.1) is 0 Å². The molecule has 34 heavy (non-hydrogen) atoms. The topological polar surface area (TPSA) is 69.6 Å². The second kappa shape index (κ2) is 10.8. The second-order valence-corrected chi connectivity index (χ2v) is 9.44. The number of benzene rings is 4. The van der Waals surface area contributed by atoms with Crippen LogP contribution < -0.4 is 9.62 Å². The minimum absolute atomic E-state index is 0.203. The molecular formula is C26H20Cl2N2O3S. The van der Waals surface area contributed by atoms with Crippen LogP contribution >= 0.6 is 35.1 Å². The molecule has 0 aromatic heterocycles. The van der Waals surface area contributed by atoms with Gasteiger partial charge >= 0.3 is 5.97 Å². The number of amides is 1. The Labute approximate surface area is 211 Å². The third-order valence-corrected chi connectivity index (χ3v) is 6.47. The Morgan fingerprint density at radius 1 is 0.853 bits per heavy atom. The highest BCUT2D eigenvalue weighted by Crippen LogP contribution is 2.37. The van der Waals surface area contributed by atoms with E-state index in [9.17, 15) is 14.7 Å². The molecule has 0 fully saturated rings. The molecule has 0 heterocycles. The molecule has 0 saturated carbocycles. The number of rotatable bonds is 8. The monoisotopic (exact) mass is 510 g/mol. The maximum atomic E-state index is 13.0. The Morgan fingerprint density at radius 3 is 2.18 bits per heavy atom. The Morgan fingerprint density at radius 2 is 1.50 bits per heavy atom. The summed E-state index contributed by atoms with van der Waals surface area (Å²) in [5, 5.41) is 14.9. The first-order valence-electron chi connectivity index (χ1n) is 10.4. The molecule has 0 unspecified atom stereocenters. The van der Waals surface area contributed by atoms with Gasteiger partial charge in [-0.3, -0.25) is 9.59 Å². The van der Waals surface area contributed by atoms with E-state index in [0.29, 0.717) is 32.7 Å². The van der Waals surface area contributed by atoms with Gasteiger partial charge in [-0.25, -0.2) is 0 Å². The summed E-state index contributed by atoms with van der Waals surface area (Å²) in [5.41, 5.74) is 2.18. The van der Waals surface area contributed by atoms with Crippen molar-refractivity contribution in [2.45, 2.75) is 11.4 Å². The number of nitrogens with one attached hydrogen (secondary N) is 1. The van der Waals surface area contributed by atoms with E-state index in [1.165, 1.54) is 11.9 Å². The smallest absolute Gasteiger partial charge is 0.324 e. The number of aliphatic carboxylic acids is 1. The Balaban J connectivity index is 1.68. The van der Waals surface area contributed by atoms with Gasteiger partial charge in [0.15, 0.2) is 0 Å². The minimum atomic E-state index is -0.991. The number of fused-ring (bicyclic) bond motifs is 1. The summed E-state index contributed by atoms with van der Waals surface area (Å²) in [7, 11) is 0. The predicted octanol–water partition coefficient (Wildman–Crippen LogP) is 6.67. The molecule has 0 aliphatic heterocycles. The van der Waals surface area contributed by atoms with Gasteiger partial charge in [-0.1, -0.05) is 77.8 Å². The number of carbonyl (C=O) groups is 2. The summed E-state index contributed by atoms with van der Waals surface area (Å²) in [5.74, 6) is -1.19. The predicted molar refractivity (Wildman–Crippen MR) is 139 cm³/mol. The van der Waals surface area contributed by atoms with Crippen LogP contribution in [0.1, 0.15) is 15.9 Å². The normalized spacial score (nSPS) is 10.8. The lowest BCUT2D eigenvalue weighted by Gasteiger charge is -2.24. The highest BCUT2D eigenvalue weighted by atomic mass is 35.5. The lowest BCUT2D eigenvalue weighted by atomic mass is 10.0. The van der Waals surface area contributed by atoms with E-state index in [1.54, 1.807) is 34.6 Å². The zero-order valence-corrected chi connectivity index (χ0v) is 20.2. The fourth-order valence-corrected chi connectivity index (χ4v) is 5.27. The van der Waals surface area contributed by atoms with Gasteiger partial charge in [0.05, 0.1) is 5.69 Å². The molecule has 0 saturated heterocycles. The molecule has 0 aliphatic rings. The van der Waals surface area contributed by atoms with Gasteiger partial charge in [0.1, 0.15) is 6.54 Å². The van der Waals surface area contributed by atoms with E-state index in [2.05, 4.69) is 5.32 Å². The number of carboxylic acids is 1. The number of nitrogens with zero attached hydrogens (tertiary/aromatic N) is 1. The van der Waals surface area contributed by atoms with Crippen molar-refractivity contribution in [3.05, 3.63) is 106 Å². The molecule has 0 spiro atoms. The van der Waals surface area contributed by atoms with E-state index in [4.69, 9.17) is 23.2 Å². The Kier molecular flexibility index (Phi) is 7.63. The molecule has 0 aliphatic carbocycles. The molecule has 2 N–H and O–H groups in total.